The number of benzene rings is 3. The molecule has 1 aliphatic rings. The topological polar surface area (TPSA) is 32.7 Å². The van der Waals surface area contributed by atoms with Gasteiger partial charge in [0.25, 0.3) is 5.91 Å². The largest absolute Gasteiger partial charge is 0.286 e. The van der Waals surface area contributed by atoms with E-state index in [9.17, 15) is 4.79 Å². The van der Waals surface area contributed by atoms with Crippen LogP contribution in [0.15, 0.2) is 71.7 Å². The summed E-state index contributed by atoms with van der Waals surface area (Å²) in [5.74, 6) is 0.746. The van der Waals surface area contributed by atoms with E-state index in [2.05, 4.69) is 4.99 Å². The molecule has 0 N–H and O–H groups in total. The maximum atomic E-state index is 13.1. The highest BCUT2D eigenvalue weighted by atomic mass is 35.5. The van der Waals surface area contributed by atoms with Crippen LogP contribution in [0.1, 0.15) is 15.9 Å². The number of hydrogen-bond acceptors (Lipinski definition) is 3. The molecule has 0 saturated carbocycles. The van der Waals surface area contributed by atoms with Crippen molar-refractivity contribution < 1.29 is 4.79 Å². The van der Waals surface area contributed by atoms with Crippen molar-refractivity contribution in [2.24, 2.45) is 4.99 Å². The molecule has 0 aliphatic carbocycles. The molecule has 0 bridgehead atoms. The molecule has 1 heterocycles. The number of halogens is 1. The van der Waals surface area contributed by atoms with Crippen LogP contribution < -0.4 is 0 Å². The molecule has 5 heteroatoms. The summed E-state index contributed by atoms with van der Waals surface area (Å²) in [7, 11) is 0. The Morgan fingerprint density at radius 1 is 1.08 bits per heavy atom. The minimum absolute atomic E-state index is 0.0108. The Morgan fingerprint density at radius 2 is 1.88 bits per heavy atom. The Morgan fingerprint density at radius 3 is 2.77 bits per heavy atom. The quantitative estimate of drug-likeness (QED) is 0.622. The van der Waals surface area contributed by atoms with Gasteiger partial charge in [-0.15, -0.1) is 0 Å². The summed E-state index contributed by atoms with van der Waals surface area (Å²) < 4.78 is 0. The molecule has 0 saturated heterocycles. The number of nitrogens with zero attached hydrogens (tertiary/aromatic N) is 2. The number of rotatable bonds is 3. The molecule has 1 amide bonds. The van der Waals surface area contributed by atoms with Crippen LogP contribution in [0.25, 0.3) is 10.8 Å². The smallest absolute Gasteiger partial charge is 0.260 e. The third kappa shape index (κ3) is 3.48. The van der Waals surface area contributed by atoms with Gasteiger partial charge in [0, 0.05) is 22.9 Å². The number of amides is 1. The minimum atomic E-state index is 0.0108. The Bertz CT molecular complexity index is 997. The van der Waals surface area contributed by atoms with Gasteiger partial charge in [-0.2, -0.15) is 0 Å². The highest BCUT2D eigenvalue weighted by molar-refractivity contribution is 8.13. The summed E-state index contributed by atoms with van der Waals surface area (Å²) in [6.45, 7) is 1.27. The van der Waals surface area contributed by atoms with Crippen molar-refractivity contribution in [3.63, 3.8) is 0 Å². The van der Waals surface area contributed by atoms with E-state index in [-0.39, 0.29) is 5.91 Å². The highest BCUT2D eigenvalue weighted by Gasteiger charge is 2.26. The van der Waals surface area contributed by atoms with Gasteiger partial charge in [0.15, 0.2) is 5.17 Å². The maximum Gasteiger partial charge on any atom is 0.260 e. The van der Waals surface area contributed by atoms with Gasteiger partial charge in [-0.25, -0.2) is 0 Å². The number of carbonyl (C=O) groups excluding carboxylic acids is 1. The lowest BCUT2D eigenvalue weighted by Gasteiger charge is -2.19. The van der Waals surface area contributed by atoms with E-state index in [4.69, 9.17) is 11.6 Å². The van der Waals surface area contributed by atoms with Crippen LogP contribution in [0.2, 0.25) is 5.02 Å². The molecule has 0 atom stereocenters. The van der Waals surface area contributed by atoms with Crippen molar-refractivity contribution in [1.82, 2.24) is 4.90 Å². The first-order valence-electron chi connectivity index (χ1n) is 8.44. The van der Waals surface area contributed by atoms with E-state index in [1.54, 1.807) is 16.7 Å². The lowest BCUT2D eigenvalue weighted by molar-refractivity contribution is 0.0862. The van der Waals surface area contributed by atoms with E-state index >= 15 is 0 Å². The molecular weight excluding hydrogens is 364 g/mol. The number of fused-ring (bicyclic) bond motifs is 1. The monoisotopic (exact) mass is 380 g/mol. The first-order valence-corrected chi connectivity index (χ1v) is 9.80. The summed E-state index contributed by atoms with van der Waals surface area (Å²) in [5, 5.41) is 3.55. The van der Waals surface area contributed by atoms with Gasteiger partial charge in [0.05, 0.1) is 6.54 Å². The molecule has 26 heavy (non-hydrogen) atoms. The number of amidine groups is 1. The average molecular weight is 381 g/mol. The highest BCUT2D eigenvalue weighted by Crippen LogP contribution is 2.25. The van der Waals surface area contributed by atoms with Crippen LogP contribution in [-0.2, 0) is 5.75 Å². The van der Waals surface area contributed by atoms with Crippen molar-refractivity contribution in [3.05, 3.63) is 82.9 Å². The van der Waals surface area contributed by atoms with E-state index in [0.29, 0.717) is 13.1 Å². The van der Waals surface area contributed by atoms with E-state index in [1.165, 1.54) is 0 Å². The average Bonchev–Trinajstić information content (AvgIpc) is 3.14. The summed E-state index contributed by atoms with van der Waals surface area (Å²) in [5.41, 5.74) is 1.84. The molecule has 0 aromatic heterocycles. The summed E-state index contributed by atoms with van der Waals surface area (Å²) in [4.78, 5) is 19.5. The molecule has 3 aromatic carbocycles. The van der Waals surface area contributed by atoms with Crippen molar-refractivity contribution in [3.8, 4) is 0 Å². The van der Waals surface area contributed by atoms with Crippen LogP contribution in [0, 0.1) is 0 Å². The van der Waals surface area contributed by atoms with Crippen LogP contribution >= 0.6 is 23.4 Å². The molecule has 3 aromatic rings. The molecule has 4 rings (SSSR count). The second-order valence-electron chi connectivity index (χ2n) is 6.07. The molecule has 130 valence electrons. The fourth-order valence-corrected chi connectivity index (χ4v) is 4.27. The zero-order valence-electron chi connectivity index (χ0n) is 14.1. The molecule has 0 spiro atoms. The van der Waals surface area contributed by atoms with Gasteiger partial charge in [0.2, 0.25) is 0 Å². The second-order valence-corrected chi connectivity index (χ2v) is 7.45. The van der Waals surface area contributed by atoms with E-state index in [1.807, 2.05) is 66.7 Å². The molecule has 0 radical (unpaired) electrons. The normalized spacial score (nSPS) is 13.9. The number of thioether (sulfide) groups is 1. The lowest BCUT2D eigenvalue weighted by atomic mass is 10.0. The summed E-state index contributed by atoms with van der Waals surface area (Å²) in [6, 6.07) is 21.6. The van der Waals surface area contributed by atoms with E-state index in [0.717, 1.165) is 37.8 Å². The van der Waals surface area contributed by atoms with Gasteiger partial charge in [0.1, 0.15) is 0 Å². The molecule has 3 nitrogen and oxygen atoms in total. The number of carbonyl (C=O) groups is 1. The summed E-state index contributed by atoms with van der Waals surface area (Å²) >= 11 is 7.63. The van der Waals surface area contributed by atoms with Crippen LogP contribution in [-0.4, -0.2) is 29.1 Å². The fraction of sp³-hybridized carbons (Fsp3) is 0.143. The predicted molar refractivity (Wildman–Crippen MR) is 110 cm³/mol. The van der Waals surface area contributed by atoms with Gasteiger partial charge in [-0.05, 0) is 34.5 Å². The van der Waals surface area contributed by atoms with Gasteiger partial charge in [-0.1, -0.05) is 71.9 Å². The van der Waals surface area contributed by atoms with Crippen molar-refractivity contribution in [2.75, 3.05) is 13.1 Å². The first kappa shape index (κ1) is 17.1. The van der Waals surface area contributed by atoms with Crippen molar-refractivity contribution >= 4 is 45.2 Å². The molecule has 0 fully saturated rings. The zero-order valence-corrected chi connectivity index (χ0v) is 15.6. The zero-order chi connectivity index (χ0) is 17.9. The van der Waals surface area contributed by atoms with Crippen molar-refractivity contribution in [1.29, 1.82) is 0 Å². The van der Waals surface area contributed by atoms with Crippen molar-refractivity contribution in [2.45, 2.75) is 5.75 Å². The molecular formula is C21H17ClN2OS. The Hall–Kier alpha value is -2.30. The van der Waals surface area contributed by atoms with Crippen LogP contribution in [0.4, 0.5) is 0 Å². The SMILES string of the molecule is O=C(c1cccc2ccccc12)N1CCN=C1SCc1cccc(Cl)c1. The Balaban J connectivity index is 1.55. The molecule has 1 aliphatic heterocycles. The van der Waals surface area contributed by atoms with E-state index < -0.39 is 0 Å². The van der Waals surface area contributed by atoms with Gasteiger partial charge < -0.3 is 0 Å². The van der Waals surface area contributed by atoms with Crippen LogP contribution in [0.3, 0.4) is 0 Å². The van der Waals surface area contributed by atoms with Crippen LogP contribution in [0.5, 0.6) is 0 Å². The second kappa shape index (κ2) is 7.52. The predicted octanol–water partition coefficient (Wildman–Crippen LogP) is 5.24. The third-order valence-electron chi connectivity index (χ3n) is 4.32. The third-order valence-corrected chi connectivity index (χ3v) is 5.64. The number of hydrogen-bond donors (Lipinski definition) is 0. The van der Waals surface area contributed by atoms with Gasteiger partial charge in [-0.3, -0.25) is 14.7 Å². The van der Waals surface area contributed by atoms with Gasteiger partial charge >= 0.3 is 0 Å². The first-order chi connectivity index (χ1) is 12.7. The summed E-state index contributed by atoms with van der Waals surface area (Å²) in [6.07, 6.45) is 0. The maximum absolute atomic E-state index is 13.1. The number of aliphatic imine (C=N–C) groups is 1. The minimum Gasteiger partial charge on any atom is -0.286 e. The Kier molecular flexibility index (Phi) is 4.96. The molecule has 0 unspecified atom stereocenters. The fourth-order valence-electron chi connectivity index (χ4n) is 3.07. The lowest BCUT2D eigenvalue weighted by Crippen LogP contribution is -2.33. The Labute approximate surface area is 161 Å². The standard InChI is InChI=1S/C21H17ClN2OS/c22-17-8-3-5-15(13-17)14-26-21-23-11-12-24(21)20(25)19-10-4-7-16-6-1-2-9-18(16)19/h1-10,13H,11-12,14H2.